The molecular weight excluding hydrogens is 268 g/mol. The van der Waals surface area contributed by atoms with Crippen molar-refractivity contribution in [1.82, 2.24) is 5.32 Å². The average molecular weight is 292 g/mol. The summed E-state index contributed by atoms with van der Waals surface area (Å²) in [5.74, 6) is 0.0339. The van der Waals surface area contributed by atoms with E-state index in [9.17, 15) is 4.79 Å². The van der Waals surface area contributed by atoms with Crippen LogP contribution in [0.3, 0.4) is 0 Å². The van der Waals surface area contributed by atoms with Crippen LogP contribution in [0, 0.1) is 0 Å². The van der Waals surface area contributed by atoms with Crippen molar-refractivity contribution < 1.29 is 4.79 Å². The van der Waals surface area contributed by atoms with Crippen molar-refractivity contribution in [2.45, 2.75) is 36.9 Å². The Morgan fingerprint density at radius 1 is 1.20 bits per heavy atom. The van der Waals surface area contributed by atoms with E-state index in [-0.39, 0.29) is 10.7 Å². The summed E-state index contributed by atoms with van der Waals surface area (Å²) in [4.78, 5) is 12.2. The molecule has 20 heavy (non-hydrogen) atoms. The smallest absolute Gasteiger partial charge is 0.251 e. The predicted octanol–water partition coefficient (Wildman–Crippen LogP) is 3.52. The molecule has 1 saturated carbocycles. The number of amides is 1. The molecule has 1 aliphatic carbocycles. The van der Waals surface area contributed by atoms with E-state index >= 15 is 0 Å². The second kappa shape index (κ2) is 7.02. The van der Waals surface area contributed by atoms with E-state index in [0.29, 0.717) is 0 Å². The maximum absolute atomic E-state index is 12.2. The number of hydrogen-bond acceptors (Lipinski definition) is 3. The second-order valence-corrected chi connectivity index (χ2v) is 6.73. The molecule has 2 N–H and O–H groups in total. The second-order valence-electron chi connectivity index (χ2n) is 5.46. The zero-order chi connectivity index (χ0) is 14.4. The summed E-state index contributed by atoms with van der Waals surface area (Å²) in [6.07, 6.45) is 8.50. The quantitative estimate of drug-likeness (QED) is 0.872. The molecule has 3 nitrogen and oxygen atoms in total. The molecule has 0 heterocycles. The molecule has 0 aromatic heterocycles. The highest BCUT2D eigenvalue weighted by molar-refractivity contribution is 8.00. The first-order chi connectivity index (χ1) is 9.69. The Bertz CT molecular complexity index is 438. The molecule has 0 atom stereocenters. The fraction of sp³-hybridized carbons (Fsp3) is 0.562. The lowest BCUT2D eigenvalue weighted by molar-refractivity contribution is 0.0947. The monoisotopic (exact) mass is 292 g/mol. The first-order valence-electron chi connectivity index (χ1n) is 7.30. The van der Waals surface area contributed by atoms with Gasteiger partial charge in [0.05, 0.1) is 0 Å². The van der Waals surface area contributed by atoms with Gasteiger partial charge in [-0.2, -0.15) is 11.8 Å². The number of carbonyl (C=O) groups excluding carboxylic acids is 1. The molecular formula is C16H24N2OS. The third-order valence-electron chi connectivity index (χ3n) is 4.20. The molecule has 0 saturated heterocycles. The van der Waals surface area contributed by atoms with Gasteiger partial charge in [-0.05, 0) is 43.4 Å². The minimum Gasteiger partial charge on any atom is -0.388 e. The minimum absolute atomic E-state index is 0.0339. The van der Waals surface area contributed by atoms with Gasteiger partial charge in [0.15, 0.2) is 0 Å². The summed E-state index contributed by atoms with van der Waals surface area (Å²) in [5, 5.41) is 6.17. The molecule has 2 rings (SSSR count). The fourth-order valence-electron chi connectivity index (χ4n) is 2.78. The topological polar surface area (TPSA) is 41.1 Å². The molecule has 1 aromatic carbocycles. The Morgan fingerprint density at radius 2 is 1.85 bits per heavy atom. The van der Waals surface area contributed by atoms with Gasteiger partial charge >= 0.3 is 0 Å². The molecule has 1 fully saturated rings. The van der Waals surface area contributed by atoms with Crippen molar-refractivity contribution in [2.24, 2.45) is 0 Å². The number of anilines is 1. The zero-order valence-electron chi connectivity index (χ0n) is 12.4. The van der Waals surface area contributed by atoms with Gasteiger partial charge in [-0.15, -0.1) is 0 Å². The van der Waals surface area contributed by atoms with Crippen LogP contribution in [0.2, 0.25) is 0 Å². The summed E-state index contributed by atoms with van der Waals surface area (Å²) in [7, 11) is 1.88. The number of rotatable bonds is 5. The van der Waals surface area contributed by atoms with Crippen LogP contribution in [0.1, 0.15) is 42.5 Å². The molecule has 1 amide bonds. The third-order valence-corrected chi connectivity index (χ3v) is 5.62. The van der Waals surface area contributed by atoms with Crippen LogP contribution in [0.5, 0.6) is 0 Å². The fourth-order valence-corrected chi connectivity index (χ4v) is 3.69. The van der Waals surface area contributed by atoms with E-state index < -0.39 is 0 Å². The normalized spacial score (nSPS) is 17.5. The molecule has 110 valence electrons. The molecule has 0 aliphatic heterocycles. The van der Waals surface area contributed by atoms with Crippen LogP contribution in [0.25, 0.3) is 0 Å². The third kappa shape index (κ3) is 3.69. The van der Waals surface area contributed by atoms with Gasteiger partial charge in [0, 0.05) is 29.6 Å². The molecule has 1 aliphatic rings. The molecule has 4 heteroatoms. The summed E-state index contributed by atoms with van der Waals surface area (Å²) >= 11 is 1.91. The van der Waals surface area contributed by atoms with Crippen molar-refractivity contribution in [3.8, 4) is 0 Å². The number of carbonyl (C=O) groups is 1. The number of hydrogen-bond donors (Lipinski definition) is 2. The zero-order valence-corrected chi connectivity index (χ0v) is 13.2. The molecule has 0 bridgehead atoms. The van der Waals surface area contributed by atoms with E-state index in [2.05, 4.69) is 16.9 Å². The summed E-state index contributed by atoms with van der Waals surface area (Å²) in [6.45, 7) is 0.779. The molecule has 0 unspecified atom stereocenters. The van der Waals surface area contributed by atoms with Gasteiger partial charge in [-0.3, -0.25) is 4.79 Å². The highest BCUT2D eigenvalue weighted by atomic mass is 32.2. The Balaban J connectivity index is 1.93. The van der Waals surface area contributed by atoms with Gasteiger partial charge in [-0.25, -0.2) is 0 Å². The lowest BCUT2D eigenvalue weighted by atomic mass is 9.88. The minimum atomic E-state index is 0.0339. The van der Waals surface area contributed by atoms with E-state index in [1.54, 1.807) is 0 Å². The van der Waals surface area contributed by atoms with Gasteiger partial charge in [0.1, 0.15) is 0 Å². The SMILES string of the molecule is CNc1ccc(C(=O)NCC2(SC)CCCCC2)cc1. The van der Waals surface area contributed by atoms with E-state index in [1.807, 2.05) is 43.1 Å². The van der Waals surface area contributed by atoms with E-state index in [1.165, 1.54) is 32.1 Å². The van der Waals surface area contributed by atoms with E-state index in [4.69, 9.17) is 0 Å². The summed E-state index contributed by atoms with van der Waals surface area (Å²) < 4.78 is 0.249. The van der Waals surface area contributed by atoms with Crippen LogP contribution in [-0.4, -0.2) is 30.5 Å². The Morgan fingerprint density at radius 3 is 2.40 bits per heavy atom. The molecule has 0 radical (unpaired) electrons. The van der Waals surface area contributed by atoms with E-state index in [0.717, 1.165) is 17.8 Å². The van der Waals surface area contributed by atoms with Crippen molar-refractivity contribution in [2.75, 3.05) is 25.2 Å². The van der Waals surface area contributed by atoms with Crippen molar-refractivity contribution >= 4 is 23.4 Å². The number of benzene rings is 1. The number of thioether (sulfide) groups is 1. The Kier molecular flexibility index (Phi) is 5.35. The largest absolute Gasteiger partial charge is 0.388 e. The van der Waals surface area contributed by atoms with Gasteiger partial charge in [0.2, 0.25) is 0 Å². The molecule has 1 aromatic rings. The van der Waals surface area contributed by atoms with Gasteiger partial charge in [0.25, 0.3) is 5.91 Å². The summed E-state index contributed by atoms with van der Waals surface area (Å²) in [5.41, 5.74) is 1.76. The summed E-state index contributed by atoms with van der Waals surface area (Å²) in [6, 6.07) is 7.60. The first-order valence-corrected chi connectivity index (χ1v) is 8.53. The van der Waals surface area contributed by atoms with Gasteiger partial charge in [-0.1, -0.05) is 19.3 Å². The number of nitrogens with one attached hydrogen (secondary N) is 2. The van der Waals surface area contributed by atoms with Crippen LogP contribution in [-0.2, 0) is 0 Å². The maximum atomic E-state index is 12.2. The standard InChI is InChI=1S/C16H24N2OS/c1-17-14-8-6-13(7-9-14)15(19)18-12-16(20-2)10-4-3-5-11-16/h6-9,17H,3-5,10-12H2,1-2H3,(H,18,19). The molecule has 0 spiro atoms. The van der Waals surface area contributed by atoms with Crippen LogP contribution in [0.4, 0.5) is 5.69 Å². The lowest BCUT2D eigenvalue weighted by Crippen LogP contribution is -2.41. The van der Waals surface area contributed by atoms with Crippen LogP contribution in [0.15, 0.2) is 24.3 Å². The van der Waals surface area contributed by atoms with Crippen LogP contribution >= 0.6 is 11.8 Å². The van der Waals surface area contributed by atoms with Crippen molar-refractivity contribution in [3.05, 3.63) is 29.8 Å². The Hall–Kier alpha value is -1.16. The predicted molar refractivity (Wildman–Crippen MR) is 87.7 cm³/mol. The first kappa shape index (κ1) is 15.2. The maximum Gasteiger partial charge on any atom is 0.251 e. The van der Waals surface area contributed by atoms with Crippen LogP contribution < -0.4 is 10.6 Å². The lowest BCUT2D eigenvalue weighted by Gasteiger charge is -2.35. The highest BCUT2D eigenvalue weighted by Crippen LogP contribution is 2.37. The Labute approximate surface area is 125 Å². The van der Waals surface area contributed by atoms with Crippen molar-refractivity contribution in [1.29, 1.82) is 0 Å². The van der Waals surface area contributed by atoms with Crippen molar-refractivity contribution in [3.63, 3.8) is 0 Å². The average Bonchev–Trinajstić information content (AvgIpc) is 2.53. The highest BCUT2D eigenvalue weighted by Gasteiger charge is 2.31. The van der Waals surface area contributed by atoms with Gasteiger partial charge < -0.3 is 10.6 Å².